The Morgan fingerprint density at radius 2 is 1.86 bits per heavy atom. The van der Waals surface area contributed by atoms with E-state index in [1.165, 1.54) is 10.6 Å². The zero-order chi connectivity index (χ0) is 25.0. The molecule has 2 aromatic heterocycles. The first-order valence-electron chi connectivity index (χ1n) is 11.5. The van der Waals surface area contributed by atoms with E-state index in [1.54, 1.807) is 30.9 Å². The van der Waals surface area contributed by atoms with Gasteiger partial charge in [0.2, 0.25) is 0 Å². The highest BCUT2D eigenvalue weighted by molar-refractivity contribution is 5.86. The molecule has 1 aromatic carbocycles. The molecule has 1 saturated heterocycles. The van der Waals surface area contributed by atoms with Gasteiger partial charge in [-0.3, -0.25) is 19.7 Å². The van der Waals surface area contributed by atoms with E-state index >= 15 is 0 Å². The smallest absolute Gasteiger partial charge is 0.339 e. The van der Waals surface area contributed by atoms with Gasteiger partial charge in [0.15, 0.2) is 6.61 Å². The van der Waals surface area contributed by atoms with Crippen LogP contribution >= 0.6 is 0 Å². The normalized spacial score (nSPS) is 18.9. The number of likely N-dealkylation sites (tertiary alicyclic amines) is 1. The van der Waals surface area contributed by atoms with Crippen LogP contribution in [0, 0.1) is 36.8 Å². The lowest BCUT2D eigenvalue weighted by atomic mass is 9.83. The standard InChI is InChI=1S/C25H25N3O7/c1-13-14(2)25(31)35-23-15(3)21(7-4-18(13)23)34-12-22(29)26-9-16-8-17(11-26)19-5-6-20(28(32)33)24(30)27(19)10-16/h4-7,16-17H,8-12H2,1-3H3/t16-,17+/m1/s1. The fraction of sp³-hybridized carbons (Fsp3) is 0.400. The molecule has 0 spiro atoms. The number of amides is 1. The maximum Gasteiger partial charge on any atom is 0.339 e. The molecule has 2 aliphatic rings. The van der Waals surface area contributed by atoms with Gasteiger partial charge in [0.1, 0.15) is 11.3 Å². The number of aryl methyl sites for hydroxylation is 2. The molecule has 2 bridgehead atoms. The Morgan fingerprint density at radius 3 is 2.60 bits per heavy atom. The Morgan fingerprint density at radius 1 is 1.09 bits per heavy atom. The molecular weight excluding hydrogens is 454 g/mol. The molecule has 0 N–H and O–H groups in total. The van der Waals surface area contributed by atoms with Gasteiger partial charge in [-0.15, -0.1) is 0 Å². The highest BCUT2D eigenvalue weighted by atomic mass is 16.6. The van der Waals surface area contributed by atoms with Crippen LogP contribution in [-0.4, -0.2) is 40.0 Å². The van der Waals surface area contributed by atoms with Crippen LogP contribution in [0.3, 0.4) is 0 Å². The van der Waals surface area contributed by atoms with Crippen LogP contribution in [0.4, 0.5) is 5.69 Å². The van der Waals surface area contributed by atoms with Gasteiger partial charge >= 0.3 is 16.9 Å². The summed E-state index contributed by atoms with van der Waals surface area (Å²) < 4.78 is 12.8. The molecule has 10 heteroatoms. The fourth-order valence-corrected chi connectivity index (χ4v) is 5.29. The minimum atomic E-state index is -0.657. The number of benzene rings is 1. The number of nitrogens with zero attached hydrogens (tertiary/aromatic N) is 3. The number of carbonyl (C=O) groups is 1. The number of hydrogen-bond donors (Lipinski definition) is 0. The Bertz CT molecular complexity index is 1500. The first-order chi connectivity index (χ1) is 16.7. The van der Waals surface area contributed by atoms with Crippen LogP contribution in [0.2, 0.25) is 0 Å². The van der Waals surface area contributed by atoms with Crippen molar-refractivity contribution >= 4 is 22.6 Å². The van der Waals surface area contributed by atoms with Gasteiger partial charge < -0.3 is 18.6 Å². The van der Waals surface area contributed by atoms with E-state index < -0.39 is 21.8 Å². The third-order valence-corrected chi connectivity index (χ3v) is 7.31. The number of pyridine rings is 1. The van der Waals surface area contributed by atoms with Crippen LogP contribution in [0.5, 0.6) is 5.75 Å². The molecule has 2 atom stereocenters. The van der Waals surface area contributed by atoms with E-state index in [9.17, 15) is 24.5 Å². The topological polar surface area (TPSA) is 125 Å². The van der Waals surface area contributed by atoms with E-state index in [4.69, 9.17) is 9.15 Å². The third kappa shape index (κ3) is 3.78. The third-order valence-electron chi connectivity index (χ3n) is 7.31. The number of piperidine rings is 1. The Balaban J connectivity index is 1.33. The zero-order valence-electron chi connectivity index (χ0n) is 19.7. The first kappa shape index (κ1) is 22.8. The molecule has 1 amide bonds. The number of hydrogen-bond acceptors (Lipinski definition) is 7. The molecular formula is C25H25N3O7. The van der Waals surface area contributed by atoms with Gasteiger partial charge in [0.05, 0.1) is 4.92 Å². The van der Waals surface area contributed by atoms with Crippen LogP contribution in [0.1, 0.15) is 34.7 Å². The summed E-state index contributed by atoms with van der Waals surface area (Å²) in [5.74, 6) is 0.257. The Labute approximate surface area is 199 Å². The van der Waals surface area contributed by atoms with Crippen molar-refractivity contribution in [3.8, 4) is 5.75 Å². The van der Waals surface area contributed by atoms with Gasteiger partial charge in [-0.2, -0.15) is 0 Å². The average Bonchev–Trinajstić information content (AvgIpc) is 2.82. The summed E-state index contributed by atoms with van der Waals surface area (Å²) in [6.07, 6.45) is 0.823. The van der Waals surface area contributed by atoms with E-state index in [0.717, 1.165) is 23.1 Å². The van der Waals surface area contributed by atoms with Crippen molar-refractivity contribution in [2.24, 2.45) is 5.92 Å². The van der Waals surface area contributed by atoms with Crippen LogP contribution < -0.4 is 15.9 Å². The second-order valence-electron chi connectivity index (χ2n) is 9.41. The number of ether oxygens (including phenoxy) is 1. The van der Waals surface area contributed by atoms with Crippen LogP contribution in [0.15, 0.2) is 38.3 Å². The molecule has 4 heterocycles. The van der Waals surface area contributed by atoms with Crippen molar-refractivity contribution < 1.29 is 18.9 Å². The van der Waals surface area contributed by atoms with Crippen LogP contribution in [0.25, 0.3) is 11.0 Å². The van der Waals surface area contributed by atoms with E-state index in [2.05, 4.69) is 0 Å². The summed E-state index contributed by atoms with van der Waals surface area (Å²) in [6, 6.07) is 6.48. The molecule has 5 rings (SSSR count). The minimum Gasteiger partial charge on any atom is -0.483 e. The van der Waals surface area contributed by atoms with Crippen molar-refractivity contribution in [3.63, 3.8) is 0 Å². The lowest BCUT2D eigenvalue weighted by molar-refractivity contribution is -0.386. The van der Waals surface area contributed by atoms with Crippen molar-refractivity contribution in [1.82, 2.24) is 9.47 Å². The van der Waals surface area contributed by atoms with Crippen LogP contribution in [-0.2, 0) is 11.3 Å². The summed E-state index contributed by atoms with van der Waals surface area (Å²) in [4.78, 5) is 49.9. The lowest BCUT2D eigenvalue weighted by Gasteiger charge is -2.42. The fourth-order valence-electron chi connectivity index (χ4n) is 5.29. The molecule has 1 fully saturated rings. The summed E-state index contributed by atoms with van der Waals surface area (Å²) in [6.45, 7) is 6.43. The predicted octanol–water partition coefficient (Wildman–Crippen LogP) is 2.81. The van der Waals surface area contributed by atoms with Crippen molar-refractivity contribution in [2.75, 3.05) is 19.7 Å². The second-order valence-corrected chi connectivity index (χ2v) is 9.41. The van der Waals surface area contributed by atoms with Crippen molar-refractivity contribution in [1.29, 1.82) is 0 Å². The summed E-state index contributed by atoms with van der Waals surface area (Å²) >= 11 is 0. The Kier molecular flexibility index (Phi) is 5.46. The molecule has 182 valence electrons. The molecule has 3 aromatic rings. The number of nitro groups is 1. The molecule has 0 radical (unpaired) electrons. The number of rotatable bonds is 4. The Hall–Kier alpha value is -3.95. The van der Waals surface area contributed by atoms with Crippen molar-refractivity contribution in [3.05, 3.63) is 77.5 Å². The van der Waals surface area contributed by atoms with Gasteiger partial charge in [-0.25, -0.2) is 4.79 Å². The average molecular weight is 479 g/mol. The minimum absolute atomic E-state index is 0.0350. The van der Waals surface area contributed by atoms with Crippen molar-refractivity contribution in [2.45, 2.75) is 39.7 Å². The lowest BCUT2D eigenvalue weighted by Crippen LogP contribution is -2.50. The SMILES string of the molecule is Cc1c(C)c2ccc(OCC(=O)N3C[C@H]4C[C@@H](C3)c3ccc([N+](=O)[O-])c(=O)n3C4)c(C)c2oc1=O. The maximum absolute atomic E-state index is 13.0. The van der Waals surface area contributed by atoms with E-state index in [1.807, 2.05) is 13.0 Å². The molecule has 0 saturated carbocycles. The largest absolute Gasteiger partial charge is 0.483 e. The van der Waals surface area contributed by atoms with Gasteiger partial charge in [-0.05, 0) is 56.9 Å². The van der Waals surface area contributed by atoms with Gasteiger partial charge in [0.25, 0.3) is 5.91 Å². The van der Waals surface area contributed by atoms with Gasteiger partial charge in [0, 0.05) is 53.8 Å². The molecule has 0 unspecified atom stereocenters. The summed E-state index contributed by atoms with van der Waals surface area (Å²) in [5.41, 5.74) is 1.84. The highest BCUT2D eigenvalue weighted by Crippen LogP contribution is 2.36. The molecule has 10 nitrogen and oxygen atoms in total. The quantitative estimate of drug-likeness (QED) is 0.320. The number of fused-ring (bicyclic) bond motifs is 5. The number of carbonyl (C=O) groups excluding carboxylic acids is 1. The predicted molar refractivity (Wildman–Crippen MR) is 127 cm³/mol. The molecule has 0 aliphatic carbocycles. The van der Waals surface area contributed by atoms with Gasteiger partial charge in [-0.1, -0.05) is 0 Å². The van der Waals surface area contributed by atoms with E-state index in [-0.39, 0.29) is 24.3 Å². The molecule has 35 heavy (non-hydrogen) atoms. The number of aromatic nitrogens is 1. The molecule has 2 aliphatic heterocycles. The monoisotopic (exact) mass is 479 g/mol. The van der Waals surface area contributed by atoms with E-state index in [0.29, 0.717) is 42.1 Å². The summed E-state index contributed by atoms with van der Waals surface area (Å²) in [5, 5.41) is 12.0. The summed E-state index contributed by atoms with van der Waals surface area (Å²) in [7, 11) is 0. The zero-order valence-corrected chi connectivity index (χ0v) is 19.7. The highest BCUT2D eigenvalue weighted by Gasteiger charge is 2.37. The first-order valence-corrected chi connectivity index (χ1v) is 11.5. The maximum atomic E-state index is 13.0. The second kappa shape index (κ2) is 8.37.